The molecule has 0 aliphatic rings. The minimum Gasteiger partial charge on any atom is -0.467 e. The average Bonchev–Trinajstić information content (AvgIpc) is 2.92. The number of methoxy groups -OCH3 is 1. The summed E-state index contributed by atoms with van der Waals surface area (Å²) < 4.78 is 4.97. The summed E-state index contributed by atoms with van der Waals surface area (Å²) in [7, 11) is 1.49. The summed E-state index contributed by atoms with van der Waals surface area (Å²) in [4.78, 5) is 13.3. The molecule has 8 heteroatoms. The van der Waals surface area contributed by atoms with E-state index in [-0.39, 0.29) is 18.0 Å². The number of rotatable bonds is 5. The highest BCUT2D eigenvalue weighted by Gasteiger charge is 2.11. The lowest BCUT2D eigenvalue weighted by atomic mass is 10.3. The van der Waals surface area contributed by atoms with E-state index in [2.05, 4.69) is 25.7 Å². The lowest BCUT2D eigenvalue weighted by Crippen LogP contribution is -2.15. The number of anilines is 2. The van der Waals surface area contributed by atoms with Crippen molar-refractivity contribution in [2.45, 2.75) is 13.0 Å². The standard InChI is InChI=1S/C10H14N6OS/c1-6(7-4-3-5-18-7)12-8-13-9(16-11)15-10(14-8)17-2/h3-6H,11H2,1-2H3,(H2,12,13,14,15,16). The summed E-state index contributed by atoms with van der Waals surface area (Å²) in [5.41, 5.74) is 2.37. The van der Waals surface area contributed by atoms with Crippen LogP contribution in [0.25, 0.3) is 0 Å². The van der Waals surface area contributed by atoms with E-state index in [1.165, 1.54) is 12.0 Å². The van der Waals surface area contributed by atoms with Crippen LogP contribution in [-0.4, -0.2) is 22.1 Å². The summed E-state index contributed by atoms with van der Waals surface area (Å²) in [5.74, 6) is 5.95. The van der Waals surface area contributed by atoms with Crippen LogP contribution in [-0.2, 0) is 0 Å². The van der Waals surface area contributed by atoms with Crippen molar-refractivity contribution < 1.29 is 4.74 Å². The van der Waals surface area contributed by atoms with Gasteiger partial charge in [0, 0.05) is 4.88 Å². The second-order valence-corrected chi connectivity index (χ2v) is 4.47. The fourth-order valence-electron chi connectivity index (χ4n) is 1.38. The number of hydrogen-bond acceptors (Lipinski definition) is 8. The maximum Gasteiger partial charge on any atom is 0.322 e. The van der Waals surface area contributed by atoms with Crippen LogP contribution in [0.5, 0.6) is 6.01 Å². The number of nitrogens with zero attached hydrogens (tertiary/aromatic N) is 3. The van der Waals surface area contributed by atoms with Crippen LogP contribution in [0.4, 0.5) is 11.9 Å². The van der Waals surface area contributed by atoms with Crippen molar-refractivity contribution in [1.82, 2.24) is 15.0 Å². The molecule has 0 fully saturated rings. The molecule has 2 aromatic rings. The SMILES string of the molecule is COc1nc(NN)nc(NC(C)c2cccs2)n1. The van der Waals surface area contributed by atoms with E-state index in [0.717, 1.165) is 0 Å². The molecule has 0 spiro atoms. The van der Waals surface area contributed by atoms with Crippen molar-refractivity contribution in [3.05, 3.63) is 22.4 Å². The Balaban J connectivity index is 2.17. The number of thiophene rings is 1. The molecular formula is C10H14N6OS. The van der Waals surface area contributed by atoms with Gasteiger partial charge in [-0.1, -0.05) is 6.07 Å². The number of ether oxygens (including phenoxy) is 1. The maximum atomic E-state index is 5.28. The van der Waals surface area contributed by atoms with E-state index >= 15 is 0 Å². The van der Waals surface area contributed by atoms with Gasteiger partial charge in [-0.3, -0.25) is 5.43 Å². The van der Waals surface area contributed by atoms with Crippen LogP contribution in [0.3, 0.4) is 0 Å². The first-order chi connectivity index (χ1) is 8.72. The zero-order chi connectivity index (χ0) is 13.0. The molecule has 0 radical (unpaired) electrons. The van der Waals surface area contributed by atoms with Gasteiger partial charge in [-0.05, 0) is 18.4 Å². The van der Waals surface area contributed by atoms with E-state index in [0.29, 0.717) is 5.95 Å². The topological polar surface area (TPSA) is 98.0 Å². The van der Waals surface area contributed by atoms with Gasteiger partial charge in [0.1, 0.15) is 0 Å². The first-order valence-electron chi connectivity index (χ1n) is 5.29. The Morgan fingerprint density at radius 3 is 2.72 bits per heavy atom. The molecule has 0 aromatic carbocycles. The molecule has 2 aromatic heterocycles. The van der Waals surface area contributed by atoms with Crippen LogP contribution in [0.15, 0.2) is 17.5 Å². The lowest BCUT2D eigenvalue weighted by Gasteiger charge is -2.12. The molecule has 0 aliphatic heterocycles. The summed E-state index contributed by atoms with van der Waals surface area (Å²) in [6.07, 6.45) is 0. The zero-order valence-electron chi connectivity index (χ0n) is 10.0. The van der Waals surface area contributed by atoms with Crippen molar-refractivity contribution >= 4 is 23.2 Å². The number of hydrazine groups is 1. The predicted molar refractivity (Wildman–Crippen MR) is 70.5 cm³/mol. The smallest absolute Gasteiger partial charge is 0.322 e. The zero-order valence-corrected chi connectivity index (χ0v) is 10.9. The first-order valence-corrected chi connectivity index (χ1v) is 6.17. The summed E-state index contributed by atoms with van der Waals surface area (Å²) in [6.45, 7) is 2.03. The molecule has 2 heterocycles. The normalized spacial score (nSPS) is 11.9. The molecule has 0 amide bonds. The Hall–Kier alpha value is -1.93. The highest BCUT2D eigenvalue weighted by atomic mass is 32.1. The van der Waals surface area contributed by atoms with Crippen molar-refractivity contribution in [2.24, 2.45) is 5.84 Å². The molecule has 0 bridgehead atoms. The highest BCUT2D eigenvalue weighted by Crippen LogP contribution is 2.22. The molecule has 0 aliphatic carbocycles. The monoisotopic (exact) mass is 266 g/mol. The van der Waals surface area contributed by atoms with Crippen LogP contribution >= 0.6 is 11.3 Å². The lowest BCUT2D eigenvalue weighted by molar-refractivity contribution is 0.379. The summed E-state index contributed by atoms with van der Waals surface area (Å²) in [6, 6.07) is 4.35. The van der Waals surface area contributed by atoms with Crippen LogP contribution in [0, 0.1) is 0 Å². The van der Waals surface area contributed by atoms with Gasteiger partial charge >= 0.3 is 6.01 Å². The minimum absolute atomic E-state index is 0.0998. The van der Waals surface area contributed by atoms with Gasteiger partial charge in [0.05, 0.1) is 13.2 Å². The second kappa shape index (κ2) is 5.61. The largest absolute Gasteiger partial charge is 0.467 e. The molecule has 1 unspecified atom stereocenters. The van der Waals surface area contributed by atoms with Gasteiger partial charge in [0.2, 0.25) is 11.9 Å². The number of nitrogens with one attached hydrogen (secondary N) is 2. The molecule has 18 heavy (non-hydrogen) atoms. The van der Waals surface area contributed by atoms with E-state index in [1.54, 1.807) is 11.3 Å². The quantitative estimate of drug-likeness (QED) is 0.555. The van der Waals surface area contributed by atoms with E-state index in [9.17, 15) is 0 Å². The van der Waals surface area contributed by atoms with Crippen LogP contribution < -0.4 is 21.3 Å². The fourth-order valence-corrected chi connectivity index (χ4v) is 2.11. The Labute approximate surface area is 108 Å². The number of aromatic nitrogens is 3. The van der Waals surface area contributed by atoms with Crippen molar-refractivity contribution in [2.75, 3.05) is 17.9 Å². The second-order valence-electron chi connectivity index (χ2n) is 3.50. The minimum atomic E-state index is 0.0998. The van der Waals surface area contributed by atoms with Crippen molar-refractivity contribution in [1.29, 1.82) is 0 Å². The Morgan fingerprint density at radius 1 is 1.33 bits per heavy atom. The molecule has 96 valence electrons. The van der Waals surface area contributed by atoms with E-state index < -0.39 is 0 Å². The fraction of sp³-hybridized carbons (Fsp3) is 0.300. The molecule has 4 N–H and O–H groups in total. The van der Waals surface area contributed by atoms with Gasteiger partial charge < -0.3 is 10.1 Å². The third-order valence-electron chi connectivity index (χ3n) is 2.24. The first kappa shape index (κ1) is 12.5. The summed E-state index contributed by atoms with van der Waals surface area (Å²) in [5, 5.41) is 5.19. The number of nitrogens with two attached hydrogens (primary N) is 1. The number of hydrogen-bond donors (Lipinski definition) is 3. The third-order valence-corrected chi connectivity index (χ3v) is 3.30. The van der Waals surface area contributed by atoms with Gasteiger partial charge in [0.15, 0.2) is 0 Å². The Bertz CT molecular complexity index is 481. The predicted octanol–water partition coefficient (Wildman–Crippen LogP) is 1.40. The Kier molecular flexibility index (Phi) is 3.90. The Morgan fingerprint density at radius 2 is 2.11 bits per heavy atom. The molecule has 0 saturated carbocycles. The van der Waals surface area contributed by atoms with Gasteiger partial charge in [-0.2, -0.15) is 15.0 Å². The van der Waals surface area contributed by atoms with E-state index in [1.807, 2.05) is 24.4 Å². The van der Waals surface area contributed by atoms with Crippen LogP contribution in [0.2, 0.25) is 0 Å². The van der Waals surface area contributed by atoms with E-state index in [4.69, 9.17) is 10.6 Å². The molecule has 1 atom stereocenters. The van der Waals surface area contributed by atoms with Crippen LogP contribution in [0.1, 0.15) is 17.8 Å². The molecule has 7 nitrogen and oxygen atoms in total. The average molecular weight is 266 g/mol. The molecular weight excluding hydrogens is 252 g/mol. The highest BCUT2D eigenvalue weighted by molar-refractivity contribution is 7.10. The third kappa shape index (κ3) is 2.84. The maximum absolute atomic E-state index is 5.28. The van der Waals surface area contributed by atoms with Crippen molar-refractivity contribution in [3.63, 3.8) is 0 Å². The molecule has 2 rings (SSSR count). The van der Waals surface area contributed by atoms with Crippen molar-refractivity contribution in [3.8, 4) is 6.01 Å². The number of nitrogen functional groups attached to an aromatic ring is 1. The molecule has 0 saturated heterocycles. The van der Waals surface area contributed by atoms with Gasteiger partial charge in [-0.15, -0.1) is 11.3 Å². The van der Waals surface area contributed by atoms with Gasteiger partial charge in [-0.25, -0.2) is 5.84 Å². The van der Waals surface area contributed by atoms with Gasteiger partial charge in [0.25, 0.3) is 0 Å². The summed E-state index contributed by atoms with van der Waals surface area (Å²) >= 11 is 1.66.